The first-order chi connectivity index (χ1) is 10.5. The van der Waals surface area contributed by atoms with Gasteiger partial charge in [-0.1, -0.05) is 0 Å². The highest BCUT2D eigenvalue weighted by molar-refractivity contribution is 9.10. The summed E-state index contributed by atoms with van der Waals surface area (Å²) in [7, 11) is -3.75. The molecule has 0 spiro atoms. The van der Waals surface area contributed by atoms with Crippen LogP contribution in [0.4, 0.5) is 5.69 Å². The lowest BCUT2D eigenvalue weighted by molar-refractivity contribution is 0.601. The number of hydrogen-bond acceptors (Lipinski definition) is 5. The second kappa shape index (κ2) is 6.84. The van der Waals surface area contributed by atoms with Gasteiger partial charge in [0, 0.05) is 9.37 Å². The van der Waals surface area contributed by atoms with E-state index in [0.29, 0.717) is 20.6 Å². The van der Waals surface area contributed by atoms with E-state index in [-0.39, 0.29) is 4.90 Å². The molecule has 0 atom stereocenters. The Balaban J connectivity index is 2.29. The average Bonchev–Trinajstić information content (AvgIpc) is 2.50. The molecule has 0 aromatic heterocycles. The molecule has 0 bridgehead atoms. The van der Waals surface area contributed by atoms with Crippen molar-refractivity contribution < 1.29 is 8.42 Å². The first-order valence-electron chi connectivity index (χ1n) is 5.85. The number of hydrogen-bond donors (Lipinski definition) is 1. The zero-order valence-corrected chi connectivity index (χ0v) is 14.2. The number of sulfonamides is 1. The van der Waals surface area contributed by atoms with E-state index in [1.807, 2.05) is 11.5 Å². The number of nitrogens with one attached hydrogen (secondary N) is 1. The molecule has 0 unspecified atom stereocenters. The summed E-state index contributed by atoms with van der Waals surface area (Å²) in [5, 5.41) is 19.3. The van der Waals surface area contributed by atoms with Gasteiger partial charge in [-0.3, -0.25) is 4.72 Å². The molecule has 0 radical (unpaired) electrons. The highest BCUT2D eigenvalue weighted by atomic mass is 79.9. The normalized spacial score (nSPS) is 10.5. The van der Waals surface area contributed by atoms with E-state index in [0.717, 1.165) is 11.8 Å². The van der Waals surface area contributed by atoms with Gasteiger partial charge in [0.25, 0.3) is 10.0 Å². The fourth-order valence-electron chi connectivity index (χ4n) is 1.61. The molecule has 0 aliphatic carbocycles. The Morgan fingerprint density at radius 3 is 2.32 bits per heavy atom. The van der Waals surface area contributed by atoms with Crippen LogP contribution in [0.2, 0.25) is 0 Å². The molecule has 0 saturated carbocycles. The minimum atomic E-state index is -3.75. The van der Waals surface area contributed by atoms with Gasteiger partial charge in [-0.2, -0.15) is 10.5 Å². The summed E-state index contributed by atoms with van der Waals surface area (Å²) in [5.74, 6) is 0. The maximum Gasteiger partial charge on any atom is 0.261 e. The number of anilines is 1. The molecular formula is C14H8BrN3O2S2. The molecule has 110 valence electrons. The smallest absolute Gasteiger partial charge is 0.261 e. The summed E-state index contributed by atoms with van der Waals surface area (Å²) >= 11 is 4.26. The lowest BCUT2D eigenvalue weighted by atomic mass is 10.2. The number of halogens is 1. The van der Waals surface area contributed by atoms with Gasteiger partial charge in [-0.25, -0.2) is 8.42 Å². The van der Waals surface area contributed by atoms with Crippen LogP contribution in [0.15, 0.2) is 56.7 Å². The van der Waals surface area contributed by atoms with Gasteiger partial charge in [-0.05, 0) is 70.2 Å². The molecule has 22 heavy (non-hydrogen) atoms. The van der Waals surface area contributed by atoms with Crippen LogP contribution < -0.4 is 4.72 Å². The lowest BCUT2D eigenvalue weighted by Crippen LogP contribution is -2.13. The Hall–Kier alpha value is -2.00. The minimum Gasteiger partial charge on any atom is -0.278 e. The van der Waals surface area contributed by atoms with Crippen molar-refractivity contribution in [1.82, 2.24) is 0 Å². The van der Waals surface area contributed by atoms with Gasteiger partial charge in [0.05, 0.1) is 22.2 Å². The number of nitrogens with zero attached hydrogens (tertiary/aromatic N) is 2. The van der Waals surface area contributed by atoms with E-state index in [4.69, 9.17) is 10.5 Å². The molecule has 0 fully saturated rings. The third-order valence-electron chi connectivity index (χ3n) is 2.64. The zero-order chi connectivity index (χ0) is 16.2. The Kier molecular flexibility index (Phi) is 5.09. The second-order valence-corrected chi connectivity index (χ2v) is 7.47. The first kappa shape index (κ1) is 16.4. The molecular weight excluding hydrogens is 386 g/mol. The van der Waals surface area contributed by atoms with E-state index < -0.39 is 10.0 Å². The summed E-state index contributed by atoms with van der Waals surface area (Å²) < 4.78 is 27.6. The standard InChI is InChI=1S/C14H8BrN3O2S2/c15-13-7-11(21-9-17)3-6-14(13)18-22(19,20)12-4-1-10(8-16)2-5-12/h1-7,18H. The summed E-state index contributed by atoms with van der Waals surface area (Å²) in [5.41, 5.74) is 0.754. The Labute approximate surface area is 140 Å². The third kappa shape index (κ3) is 3.80. The van der Waals surface area contributed by atoms with Gasteiger partial charge in [-0.15, -0.1) is 0 Å². The number of rotatable bonds is 4. The van der Waals surface area contributed by atoms with Crippen molar-refractivity contribution in [2.75, 3.05) is 4.72 Å². The third-order valence-corrected chi connectivity index (χ3v) is 5.26. The Bertz CT molecular complexity index is 882. The van der Waals surface area contributed by atoms with Gasteiger partial charge >= 0.3 is 0 Å². The highest BCUT2D eigenvalue weighted by Gasteiger charge is 2.15. The van der Waals surface area contributed by atoms with Crippen molar-refractivity contribution in [1.29, 1.82) is 10.5 Å². The van der Waals surface area contributed by atoms with Crippen molar-refractivity contribution in [3.05, 3.63) is 52.5 Å². The van der Waals surface area contributed by atoms with Crippen molar-refractivity contribution in [2.45, 2.75) is 9.79 Å². The molecule has 0 amide bonds. The quantitative estimate of drug-likeness (QED) is 0.631. The van der Waals surface area contributed by atoms with Gasteiger partial charge < -0.3 is 0 Å². The molecule has 1 N–H and O–H groups in total. The molecule has 5 nitrogen and oxygen atoms in total. The minimum absolute atomic E-state index is 0.0638. The molecule has 0 saturated heterocycles. The summed E-state index contributed by atoms with van der Waals surface area (Å²) in [4.78, 5) is 0.768. The van der Waals surface area contributed by atoms with Crippen LogP contribution in [0.5, 0.6) is 0 Å². The molecule has 2 aromatic rings. The van der Waals surface area contributed by atoms with Crippen molar-refractivity contribution >= 4 is 43.4 Å². The zero-order valence-electron chi connectivity index (χ0n) is 10.9. The van der Waals surface area contributed by atoms with Gasteiger partial charge in [0.15, 0.2) is 0 Å². The van der Waals surface area contributed by atoms with E-state index in [1.165, 1.54) is 24.3 Å². The van der Waals surface area contributed by atoms with E-state index in [1.54, 1.807) is 18.2 Å². The molecule has 0 aliphatic rings. The van der Waals surface area contributed by atoms with Crippen molar-refractivity contribution in [3.63, 3.8) is 0 Å². The van der Waals surface area contributed by atoms with Crippen LogP contribution in [-0.4, -0.2) is 8.42 Å². The first-order valence-corrected chi connectivity index (χ1v) is 8.94. The van der Waals surface area contributed by atoms with Gasteiger partial charge in [0.1, 0.15) is 5.40 Å². The predicted octanol–water partition coefficient (Wildman–Crippen LogP) is 3.69. The van der Waals surface area contributed by atoms with E-state index in [9.17, 15) is 8.42 Å². The second-order valence-electron chi connectivity index (χ2n) is 4.08. The van der Waals surface area contributed by atoms with Crippen molar-refractivity contribution in [2.24, 2.45) is 0 Å². The highest BCUT2D eigenvalue weighted by Crippen LogP contribution is 2.29. The topological polar surface area (TPSA) is 93.8 Å². The summed E-state index contributed by atoms with van der Waals surface area (Å²) in [6.45, 7) is 0. The van der Waals surface area contributed by atoms with Crippen LogP contribution in [0.1, 0.15) is 5.56 Å². The van der Waals surface area contributed by atoms with E-state index >= 15 is 0 Å². The van der Waals surface area contributed by atoms with Crippen LogP contribution in [0, 0.1) is 22.0 Å². The SMILES string of the molecule is N#CSc1ccc(NS(=O)(=O)c2ccc(C#N)cc2)c(Br)c1. The summed E-state index contributed by atoms with van der Waals surface area (Å²) in [6.07, 6.45) is 0. The molecule has 2 rings (SSSR count). The monoisotopic (exact) mass is 393 g/mol. The molecule has 0 aliphatic heterocycles. The Morgan fingerprint density at radius 2 is 1.77 bits per heavy atom. The van der Waals surface area contributed by atoms with Crippen LogP contribution in [-0.2, 0) is 10.0 Å². The van der Waals surface area contributed by atoms with Crippen LogP contribution in [0.25, 0.3) is 0 Å². The summed E-state index contributed by atoms with van der Waals surface area (Å²) in [6, 6.07) is 12.4. The number of nitriles is 2. The molecule has 8 heteroatoms. The van der Waals surface area contributed by atoms with Gasteiger partial charge in [0.2, 0.25) is 0 Å². The fraction of sp³-hybridized carbons (Fsp3) is 0. The molecule has 2 aromatic carbocycles. The fourth-order valence-corrected chi connectivity index (χ4v) is 3.87. The number of thiocyanates is 1. The van der Waals surface area contributed by atoms with Crippen LogP contribution in [0.3, 0.4) is 0 Å². The van der Waals surface area contributed by atoms with Crippen molar-refractivity contribution in [3.8, 4) is 11.5 Å². The van der Waals surface area contributed by atoms with E-state index in [2.05, 4.69) is 20.7 Å². The predicted molar refractivity (Wildman–Crippen MR) is 87.6 cm³/mol. The average molecular weight is 394 g/mol. The largest absolute Gasteiger partial charge is 0.278 e. The number of benzene rings is 2. The lowest BCUT2D eigenvalue weighted by Gasteiger charge is -2.10. The number of thioether (sulfide) groups is 1. The molecule has 0 heterocycles. The maximum absolute atomic E-state index is 12.3. The maximum atomic E-state index is 12.3. The Morgan fingerprint density at radius 1 is 1.09 bits per heavy atom. The van der Waals surface area contributed by atoms with Crippen LogP contribution >= 0.6 is 27.7 Å².